The van der Waals surface area contributed by atoms with Gasteiger partial charge in [0.15, 0.2) is 5.75 Å². The fourth-order valence-corrected chi connectivity index (χ4v) is 1.71. The Morgan fingerprint density at radius 3 is 2.72 bits per heavy atom. The second-order valence-corrected chi connectivity index (χ2v) is 4.34. The van der Waals surface area contributed by atoms with Crippen LogP contribution in [0.4, 0.5) is 5.69 Å². The summed E-state index contributed by atoms with van der Waals surface area (Å²) in [5.41, 5.74) is 7.17. The summed E-state index contributed by atoms with van der Waals surface area (Å²) in [7, 11) is 0. The van der Waals surface area contributed by atoms with Crippen LogP contribution in [0.1, 0.15) is 18.4 Å². The largest absolute Gasteiger partial charge is 0.437 e. The predicted molar refractivity (Wildman–Crippen MR) is 72.1 cm³/mol. The molecule has 2 rings (SSSR count). The molecule has 0 aliphatic heterocycles. The summed E-state index contributed by atoms with van der Waals surface area (Å²) >= 11 is 5.83. The summed E-state index contributed by atoms with van der Waals surface area (Å²) in [6.45, 7) is 3.90. The molecular weight excluding hydrogens is 250 g/mol. The minimum absolute atomic E-state index is 0.483. The van der Waals surface area contributed by atoms with E-state index in [-0.39, 0.29) is 0 Å². The van der Waals surface area contributed by atoms with Crippen LogP contribution in [0.5, 0.6) is 11.6 Å². The van der Waals surface area contributed by atoms with Gasteiger partial charge in [-0.2, -0.15) is 4.98 Å². The predicted octanol–water partition coefficient (Wildman–Crippen LogP) is 3.38. The Bertz CT molecular complexity index is 572. The van der Waals surface area contributed by atoms with Crippen LogP contribution in [0.3, 0.4) is 0 Å². The van der Waals surface area contributed by atoms with Gasteiger partial charge in [0.25, 0.3) is 0 Å². The molecule has 0 radical (unpaired) electrons. The van der Waals surface area contributed by atoms with E-state index in [4.69, 9.17) is 22.1 Å². The number of halogens is 1. The molecule has 94 valence electrons. The number of nitrogens with zero attached hydrogens (tertiary/aromatic N) is 2. The van der Waals surface area contributed by atoms with Crippen LogP contribution in [0.25, 0.3) is 0 Å². The molecule has 4 nitrogen and oxygen atoms in total. The van der Waals surface area contributed by atoms with Crippen LogP contribution in [0, 0.1) is 6.92 Å². The maximum absolute atomic E-state index is 5.83. The highest BCUT2D eigenvalue weighted by Gasteiger charge is 2.06. The average Bonchev–Trinajstić information content (AvgIpc) is 2.32. The first-order chi connectivity index (χ1) is 8.58. The second kappa shape index (κ2) is 5.23. The Hall–Kier alpha value is -1.81. The van der Waals surface area contributed by atoms with E-state index in [0.29, 0.717) is 22.3 Å². The zero-order chi connectivity index (χ0) is 13.1. The highest BCUT2D eigenvalue weighted by Crippen LogP contribution is 2.29. The van der Waals surface area contributed by atoms with Crippen molar-refractivity contribution in [2.45, 2.75) is 20.3 Å². The molecule has 0 saturated heterocycles. The van der Waals surface area contributed by atoms with Crippen molar-refractivity contribution in [3.8, 4) is 11.6 Å². The third-order valence-electron chi connectivity index (χ3n) is 2.38. The van der Waals surface area contributed by atoms with Crippen LogP contribution in [-0.2, 0) is 6.42 Å². The van der Waals surface area contributed by atoms with Gasteiger partial charge in [0.05, 0.1) is 5.69 Å². The van der Waals surface area contributed by atoms with E-state index < -0.39 is 0 Å². The lowest BCUT2D eigenvalue weighted by Gasteiger charge is -2.09. The second-order valence-electron chi connectivity index (χ2n) is 3.90. The van der Waals surface area contributed by atoms with Crippen molar-refractivity contribution >= 4 is 17.3 Å². The van der Waals surface area contributed by atoms with Gasteiger partial charge in [0, 0.05) is 23.2 Å². The Kier molecular flexibility index (Phi) is 3.67. The number of aryl methyl sites for hydroxylation is 2. The van der Waals surface area contributed by atoms with Crippen molar-refractivity contribution in [1.29, 1.82) is 0 Å². The summed E-state index contributed by atoms with van der Waals surface area (Å²) in [6.07, 6.45) is 0.758. The fourth-order valence-electron chi connectivity index (χ4n) is 1.53. The first kappa shape index (κ1) is 12.6. The number of nitrogen functional groups attached to an aromatic ring is 1. The van der Waals surface area contributed by atoms with Crippen molar-refractivity contribution in [3.63, 3.8) is 0 Å². The molecule has 0 amide bonds. The van der Waals surface area contributed by atoms with Crippen molar-refractivity contribution in [2.24, 2.45) is 0 Å². The number of hydrogen-bond acceptors (Lipinski definition) is 4. The maximum atomic E-state index is 5.83. The molecule has 2 N–H and O–H groups in total. The van der Waals surface area contributed by atoms with E-state index in [2.05, 4.69) is 9.97 Å². The van der Waals surface area contributed by atoms with Gasteiger partial charge in [-0.3, -0.25) is 0 Å². The van der Waals surface area contributed by atoms with E-state index in [1.807, 2.05) is 13.8 Å². The molecule has 0 saturated carbocycles. The Morgan fingerprint density at radius 2 is 2.06 bits per heavy atom. The molecule has 5 heteroatoms. The molecule has 0 fully saturated rings. The van der Waals surface area contributed by atoms with E-state index >= 15 is 0 Å². The average molecular weight is 264 g/mol. The first-order valence-electron chi connectivity index (χ1n) is 5.66. The SMILES string of the molecule is CCc1nc(C)cc(Oc2ccc(Cl)cc2N)n1. The van der Waals surface area contributed by atoms with Crippen molar-refractivity contribution < 1.29 is 4.74 Å². The molecule has 0 bridgehead atoms. The number of anilines is 1. The van der Waals surface area contributed by atoms with Gasteiger partial charge in [0.2, 0.25) is 5.88 Å². The molecule has 1 heterocycles. The maximum Gasteiger partial charge on any atom is 0.222 e. The highest BCUT2D eigenvalue weighted by atomic mass is 35.5. The van der Waals surface area contributed by atoms with Crippen molar-refractivity contribution in [2.75, 3.05) is 5.73 Å². The van der Waals surface area contributed by atoms with Crippen LogP contribution in [0.2, 0.25) is 5.02 Å². The molecule has 1 aromatic heterocycles. The molecule has 0 spiro atoms. The van der Waals surface area contributed by atoms with Crippen LogP contribution >= 0.6 is 11.6 Å². The third-order valence-corrected chi connectivity index (χ3v) is 2.61. The quantitative estimate of drug-likeness (QED) is 0.863. The summed E-state index contributed by atoms with van der Waals surface area (Å²) in [5.74, 6) is 1.78. The Balaban J connectivity index is 2.30. The van der Waals surface area contributed by atoms with Crippen molar-refractivity contribution in [1.82, 2.24) is 9.97 Å². The monoisotopic (exact) mass is 263 g/mol. The lowest BCUT2D eigenvalue weighted by molar-refractivity contribution is 0.460. The minimum Gasteiger partial charge on any atom is -0.437 e. The molecule has 2 aromatic rings. The minimum atomic E-state index is 0.483. The van der Waals surface area contributed by atoms with Gasteiger partial charge in [-0.15, -0.1) is 0 Å². The van der Waals surface area contributed by atoms with E-state index in [1.165, 1.54) is 0 Å². The molecule has 0 atom stereocenters. The standard InChI is InChI=1S/C13H14ClN3O/c1-3-12-16-8(2)6-13(17-12)18-11-5-4-9(14)7-10(11)15/h4-7H,3,15H2,1-2H3. The van der Waals surface area contributed by atoms with E-state index in [1.54, 1.807) is 24.3 Å². The topological polar surface area (TPSA) is 61.0 Å². The van der Waals surface area contributed by atoms with Gasteiger partial charge < -0.3 is 10.5 Å². The zero-order valence-corrected chi connectivity index (χ0v) is 11.0. The van der Waals surface area contributed by atoms with Gasteiger partial charge in [-0.25, -0.2) is 4.98 Å². The Labute approximate surface area is 111 Å². The lowest BCUT2D eigenvalue weighted by atomic mass is 10.3. The highest BCUT2D eigenvalue weighted by molar-refractivity contribution is 6.30. The number of aromatic nitrogens is 2. The smallest absolute Gasteiger partial charge is 0.222 e. The normalized spacial score (nSPS) is 10.4. The summed E-state index contributed by atoms with van der Waals surface area (Å²) in [5, 5.41) is 0.577. The molecular formula is C13H14ClN3O. The van der Waals surface area contributed by atoms with Crippen LogP contribution in [0.15, 0.2) is 24.3 Å². The number of benzene rings is 1. The number of ether oxygens (including phenoxy) is 1. The van der Waals surface area contributed by atoms with Gasteiger partial charge in [0.1, 0.15) is 5.82 Å². The van der Waals surface area contributed by atoms with Crippen molar-refractivity contribution in [3.05, 3.63) is 40.8 Å². The lowest BCUT2D eigenvalue weighted by Crippen LogP contribution is -1.99. The first-order valence-corrected chi connectivity index (χ1v) is 6.03. The summed E-state index contributed by atoms with van der Waals surface area (Å²) in [4.78, 5) is 8.58. The van der Waals surface area contributed by atoms with Gasteiger partial charge in [-0.05, 0) is 25.1 Å². The van der Waals surface area contributed by atoms with Gasteiger partial charge in [-0.1, -0.05) is 18.5 Å². The van der Waals surface area contributed by atoms with Crippen LogP contribution < -0.4 is 10.5 Å². The van der Waals surface area contributed by atoms with Gasteiger partial charge >= 0.3 is 0 Å². The number of rotatable bonds is 3. The summed E-state index contributed by atoms with van der Waals surface area (Å²) in [6, 6.07) is 6.86. The van der Waals surface area contributed by atoms with Crippen LogP contribution in [-0.4, -0.2) is 9.97 Å². The number of nitrogens with two attached hydrogens (primary N) is 1. The molecule has 1 aromatic carbocycles. The van der Waals surface area contributed by atoms with E-state index in [9.17, 15) is 0 Å². The molecule has 0 aliphatic rings. The molecule has 0 aliphatic carbocycles. The fraction of sp³-hybridized carbons (Fsp3) is 0.231. The summed E-state index contributed by atoms with van der Waals surface area (Å²) < 4.78 is 5.65. The molecule has 0 unspecified atom stereocenters. The number of hydrogen-bond donors (Lipinski definition) is 1. The Morgan fingerprint density at radius 1 is 1.28 bits per heavy atom. The van der Waals surface area contributed by atoms with E-state index in [0.717, 1.165) is 17.9 Å². The zero-order valence-electron chi connectivity index (χ0n) is 10.3. The molecule has 18 heavy (non-hydrogen) atoms. The third kappa shape index (κ3) is 2.90.